The van der Waals surface area contributed by atoms with Crippen LogP contribution in [0, 0.1) is 6.92 Å². The lowest BCUT2D eigenvalue weighted by Crippen LogP contribution is -2.27. The molecule has 3 aromatic heterocycles. The standard InChI is InChI=1S/C14H12N4O2S2/c1-9-7-22-14(16-9)17-12(19)6-18-8-15-10(5-13(18)20)11-3-2-4-21-11/h2-5,7-8H,6H2,1H3,(H,16,17,19). The van der Waals surface area contributed by atoms with Crippen LogP contribution in [0.2, 0.25) is 0 Å². The van der Waals surface area contributed by atoms with Crippen molar-refractivity contribution in [2.45, 2.75) is 13.5 Å². The van der Waals surface area contributed by atoms with Crippen LogP contribution in [-0.2, 0) is 11.3 Å². The average Bonchev–Trinajstić information content (AvgIpc) is 3.13. The number of rotatable bonds is 4. The predicted octanol–water partition coefficient (Wildman–Crippen LogP) is 2.38. The molecule has 0 fully saturated rings. The van der Waals surface area contributed by atoms with Crippen LogP contribution in [0.25, 0.3) is 10.6 Å². The minimum absolute atomic E-state index is 0.0881. The molecular weight excluding hydrogens is 320 g/mol. The van der Waals surface area contributed by atoms with E-state index < -0.39 is 0 Å². The third kappa shape index (κ3) is 3.29. The largest absolute Gasteiger partial charge is 0.300 e. The Morgan fingerprint density at radius 1 is 1.41 bits per heavy atom. The molecule has 1 amide bonds. The lowest BCUT2D eigenvalue weighted by Gasteiger charge is -2.05. The van der Waals surface area contributed by atoms with Gasteiger partial charge in [0.25, 0.3) is 5.56 Å². The predicted molar refractivity (Wildman–Crippen MR) is 87.3 cm³/mol. The van der Waals surface area contributed by atoms with E-state index in [1.807, 2.05) is 29.8 Å². The maximum absolute atomic E-state index is 12.1. The highest BCUT2D eigenvalue weighted by Crippen LogP contribution is 2.20. The topological polar surface area (TPSA) is 76.9 Å². The Kier molecular flexibility index (Phi) is 4.12. The molecule has 0 aliphatic heterocycles. The van der Waals surface area contributed by atoms with Crippen LogP contribution < -0.4 is 10.9 Å². The van der Waals surface area contributed by atoms with Gasteiger partial charge in [-0.05, 0) is 18.4 Å². The quantitative estimate of drug-likeness (QED) is 0.796. The van der Waals surface area contributed by atoms with Gasteiger partial charge >= 0.3 is 0 Å². The van der Waals surface area contributed by atoms with Gasteiger partial charge in [-0.15, -0.1) is 22.7 Å². The van der Waals surface area contributed by atoms with E-state index in [4.69, 9.17) is 0 Å². The lowest BCUT2D eigenvalue weighted by molar-refractivity contribution is -0.116. The number of thiazole rings is 1. The zero-order valence-corrected chi connectivity index (χ0v) is 13.3. The van der Waals surface area contributed by atoms with E-state index in [1.54, 1.807) is 0 Å². The maximum atomic E-state index is 12.1. The van der Waals surface area contributed by atoms with Crippen LogP contribution >= 0.6 is 22.7 Å². The number of nitrogens with one attached hydrogen (secondary N) is 1. The van der Waals surface area contributed by atoms with Crippen molar-refractivity contribution in [3.05, 3.63) is 51.3 Å². The first kappa shape index (κ1) is 14.6. The minimum atomic E-state index is -0.304. The summed E-state index contributed by atoms with van der Waals surface area (Å²) in [6.45, 7) is 1.76. The van der Waals surface area contributed by atoms with Gasteiger partial charge in [0.1, 0.15) is 6.54 Å². The molecule has 22 heavy (non-hydrogen) atoms. The van der Waals surface area contributed by atoms with Crippen molar-refractivity contribution in [2.75, 3.05) is 5.32 Å². The van der Waals surface area contributed by atoms with Gasteiger partial charge in [-0.1, -0.05) is 6.07 Å². The van der Waals surface area contributed by atoms with E-state index in [0.29, 0.717) is 10.8 Å². The first-order valence-electron chi connectivity index (χ1n) is 6.44. The van der Waals surface area contributed by atoms with Crippen LogP contribution in [0.5, 0.6) is 0 Å². The lowest BCUT2D eigenvalue weighted by atomic mass is 10.3. The summed E-state index contributed by atoms with van der Waals surface area (Å²) >= 11 is 2.86. The Labute approximate surface area is 134 Å². The summed E-state index contributed by atoms with van der Waals surface area (Å²) in [5.74, 6) is -0.304. The Morgan fingerprint density at radius 2 is 2.27 bits per heavy atom. The van der Waals surface area contributed by atoms with Crippen molar-refractivity contribution in [3.8, 4) is 10.6 Å². The van der Waals surface area contributed by atoms with E-state index in [-0.39, 0.29) is 18.0 Å². The number of amides is 1. The summed E-state index contributed by atoms with van der Waals surface area (Å²) < 4.78 is 1.27. The fraction of sp³-hybridized carbons (Fsp3) is 0.143. The molecule has 112 valence electrons. The number of hydrogen-bond donors (Lipinski definition) is 1. The molecule has 0 aliphatic carbocycles. The molecule has 0 radical (unpaired) electrons. The molecular formula is C14H12N4O2S2. The van der Waals surface area contributed by atoms with E-state index in [2.05, 4.69) is 15.3 Å². The number of aryl methyl sites for hydroxylation is 1. The van der Waals surface area contributed by atoms with Gasteiger partial charge in [-0.2, -0.15) is 0 Å². The second-order valence-corrected chi connectivity index (χ2v) is 6.37. The van der Waals surface area contributed by atoms with E-state index >= 15 is 0 Å². The van der Waals surface area contributed by atoms with Crippen LogP contribution in [0.15, 0.2) is 40.1 Å². The van der Waals surface area contributed by atoms with Crippen molar-refractivity contribution in [1.29, 1.82) is 0 Å². The molecule has 0 saturated carbocycles. The summed E-state index contributed by atoms with van der Waals surface area (Å²) in [6.07, 6.45) is 1.39. The first-order valence-corrected chi connectivity index (χ1v) is 8.20. The number of thiophene rings is 1. The van der Waals surface area contributed by atoms with Crippen molar-refractivity contribution >= 4 is 33.7 Å². The fourth-order valence-electron chi connectivity index (χ4n) is 1.83. The van der Waals surface area contributed by atoms with Gasteiger partial charge in [0.05, 0.1) is 22.6 Å². The van der Waals surface area contributed by atoms with Crippen molar-refractivity contribution < 1.29 is 4.79 Å². The molecule has 6 nitrogen and oxygen atoms in total. The molecule has 0 atom stereocenters. The second kappa shape index (κ2) is 6.20. The van der Waals surface area contributed by atoms with Crippen LogP contribution in [0.3, 0.4) is 0 Å². The molecule has 0 aromatic carbocycles. The Bertz CT molecular complexity index is 852. The highest BCUT2D eigenvalue weighted by Gasteiger charge is 2.09. The van der Waals surface area contributed by atoms with Gasteiger partial charge in [0.2, 0.25) is 5.91 Å². The Morgan fingerprint density at radius 3 is 2.91 bits per heavy atom. The molecule has 0 unspecified atom stereocenters. The van der Waals surface area contributed by atoms with Crippen molar-refractivity contribution in [3.63, 3.8) is 0 Å². The Hall–Kier alpha value is -2.32. The monoisotopic (exact) mass is 332 g/mol. The summed E-state index contributed by atoms with van der Waals surface area (Å²) in [6, 6.07) is 5.23. The van der Waals surface area contributed by atoms with E-state index in [0.717, 1.165) is 10.6 Å². The van der Waals surface area contributed by atoms with Crippen LogP contribution in [0.1, 0.15) is 5.69 Å². The fourth-order valence-corrected chi connectivity index (χ4v) is 3.23. The normalized spacial score (nSPS) is 10.6. The molecule has 8 heteroatoms. The number of carbonyl (C=O) groups excluding carboxylic acids is 1. The van der Waals surface area contributed by atoms with E-state index in [1.165, 1.54) is 39.6 Å². The zero-order valence-electron chi connectivity index (χ0n) is 11.6. The van der Waals surface area contributed by atoms with Gasteiger partial charge in [0.15, 0.2) is 5.13 Å². The number of anilines is 1. The second-order valence-electron chi connectivity index (χ2n) is 4.56. The molecule has 0 aliphatic rings. The first-order chi connectivity index (χ1) is 10.6. The van der Waals surface area contributed by atoms with Crippen LogP contribution in [0.4, 0.5) is 5.13 Å². The molecule has 0 bridgehead atoms. The molecule has 1 N–H and O–H groups in total. The number of carbonyl (C=O) groups is 1. The number of aromatic nitrogens is 3. The summed E-state index contributed by atoms with van der Waals surface area (Å²) in [7, 11) is 0. The van der Waals surface area contributed by atoms with Crippen molar-refractivity contribution in [1.82, 2.24) is 14.5 Å². The van der Waals surface area contributed by atoms with Gasteiger partial charge in [-0.3, -0.25) is 14.2 Å². The smallest absolute Gasteiger partial charge is 0.254 e. The van der Waals surface area contributed by atoms with E-state index in [9.17, 15) is 9.59 Å². The molecule has 3 aromatic rings. The third-order valence-electron chi connectivity index (χ3n) is 2.83. The van der Waals surface area contributed by atoms with Crippen LogP contribution in [-0.4, -0.2) is 20.4 Å². The summed E-state index contributed by atoms with van der Waals surface area (Å²) in [5.41, 5.74) is 1.20. The number of nitrogens with zero attached hydrogens (tertiary/aromatic N) is 3. The molecule has 3 rings (SSSR count). The van der Waals surface area contributed by atoms with Crippen molar-refractivity contribution in [2.24, 2.45) is 0 Å². The molecule has 0 spiro atoms. The van der Waals surface area contributed by atoms with Gasteiger partial charge in [-0.25, -0.2) is 9.97 Å². The highest BCUT2D eigenvalue weighted by atomic mass is 32.1. The third-order valence-corrected chi connectivity index (χ3v) is 4.60. The van der Waals surface area contributed by atoms with Gasteiger partial charge < -0.3 is 5.32 Å². The summed E-state index contributed by atoms with van der Waals surface area (Å²) in [4.78, 5) is 33.3. The Balaban J connectivity index is 1.72. The number of hydrogen-bond acceptors (Lipinski definition) is 6. The molecule has 0 saturated heterocycles. The molecule has 3 heterocycles. The average molecular weight is 332 g/mol. The summed E-state index contributed by atoms with van der Waals surface area (Å²) in [5, 5.41) is 6.96. The highest BCUT2D eigenvalue weighted by molar-refractivity contribution is 7.14. The SMILES string of the molecule is Cc1csc(NC(=O)Cn2cnc(-c3cccs3)cc2=O)n1. The minimum Gasteiger partial charge on any atom is -0.300 e. The zero-order chi connectivity index (χ0) is 15.5. The maximum Gasteiger partial charge on any atom is 0.254 e. The van der Waals surface area contributed by atoms with Gasteiger partial charge in [0, 0.05) is 11.4 Å².